The molecule has 0 bridgehead atoms. The summed E-state index contributed by atoms with van der Waals surface area (Å²) in [5.74, 6) is 0.789. The van der Waals surface area contributed by atoms with Crippen molar-refractivity contribution in [2.45, 2.75) is 20.3 Å². The Kier molecular flexibility index (Phi) is 2.32. The van der Waals surface area contributed by atoms with Crippen molar-refractivity contribution < 1.29 is 0 Å². The Morgan fingerprint density at radius 3 is 2.80 bits per heavy atom. The maximum absolute atomic E-state index is 5.69. The first kappa shape index (κ1) is 8.02. The van der Waals surface area contributed by atoms with Crippen LogP contribution in [0.15, 0.2) is 0 Å². The van der Waals surface area contributed by atoms with E-state index in [9.17, 15) is 0 Å². The molecule has 1 fully saturated rings. The van der Waals surface area contributed by atoms with E-state index in [0.717, 1.165) is 25.6 Å². The van der Waals surface area contributed by atoms with Gasteiger partial charge in [-0.15, -0.1) is 0 Å². The zero-order chi connectivity index (χ0) is 7.61. The predicted octanol–water partition coefficient (Wildman–Crippen LogP) is 0.581. The Bertz CT molecular complexity index is 114. The van der Waals surface area contributed by atoms with Gasteiger partial charge in [-0.2, -0.15) is 0 Å². The molecule has 0 amide bonds. The maximum Gasteiger partial charge on any atom is 0.00205 e. The van der Waals surface area contributed by atoms with Crippen LogP contribution in [0.5, 0.6) is 0 Å². The molecule has 2 nitrogen and oxygen atoms in total. The Hall–Kier alpha value is -0.0800. The van der Waals surface area contributed by atoms with Crippen LogP contribution in [0.2, 0.25) is 0 Å². The Morgan fingerprint density at radius 1 is 1.70 bits per heavy atom. The molecule has 0 saturated carbocycles. The molecule has 1 saturated heterocycles. The second-order valence-electron chi connectivity index (χ2n) is 3.59. The van der Waals surface area contributed by atoms with Gasteiger partial charge in [-0.25, -0.2) is 0 Å². The zero-order valence-corrected chi connectivity index (χ0v) is 6.98. The number of rotatable bonds is 2. The van der Waals surface area contributed by atoms with Crippen molar-refractivity contribution >= 4 is 0 Å². The molecule has 10 heavy (non-hydrogen) atoms. The summed E-state index contributed by atoms with van der Waals surface area (Å²) in [5, 5.41) is 3.38. The summed E-state index contributed by atoms with van der Waals surface area (Å²) in [6.45, 7) is 7.59. The quantitative estimate of drug-likeness (QED) is 0.592. The molecule has 0 aromatic heterocycles. The molecule has 1 unspecified atom stereocenters. The van der Waals surface area contributed by atoms with Crippen LogP contribution in [-0.2, 0) is 0 Å². The molecule has 2 heteroatoms. The summed E-state index contributed by atoms with van der Waals surface area (Å²) in [7, 11) is 0. The highest BCUT2D eigenvalue weighted by atomic mass is 14.9. The summed E-state index contributed by atoms with van der Waals surface area (Å²) >= 11 is 0. The highest BCUT2D eigenvalue weighted by Crippen LogP contribution is 2.31. The fourth-order valence-corrected chi connectivity index (χ4v) is 1.80. The topological polar surface area (TPSA) is 38.0 Å². The third-order valence-corrected chi connectivity index (χ3v) is 2.86. The minimum absolute atomic E-state index is 0.370. The molecule has 3 N–H and O–H groups in total. The van der Waals surface area contributed by atoms with E-state index in [0.29, 0.717) is 5.41 Å². The second-order valence-corrected chi connectivity index (χ2v) is 3.59. The fourth-order valence-electron chi connectivity index (χ4n) is 1.80. The SMILES string of the molecule is CCC1CNC[C@@]1(C)CN. The van der Waals surface area contributed by atoms with E-state index in [4.69, 9.17) is 5.73 Å². The number of hydrogen-bond acceptors (Lipinski definition) is 2. The first-order valence-corrected chi connectivity index (χ1v) is 4.13. The van der Waals surface area contributed by atoms with Gasteiger partial charge in [-0.1, -0.05) is 20.3 Å². The molecular formula is C8H18N2. The van der Waals surface area contributed by atoms with E-state index in [1.807, 2.05) is 0 Å². The lowest BCUT2D eigenvalue weighted by atomic mass is 9.79. The first-order valence-electron chi connectivity index (χ1n) is 4.13. The smallest absolute Gasteiger partial charge is 0.00205 e. The van der Waals surface area contributed by atoms with Gasteiger partial charge in [-0.3, -0.25) is 0 Å². The summed E-state index contributed by atoms with van der Waals surface area (Å²) < 4.78 is 0. The normalized spacial score (nSPS) is 40.5. The van der Waals surface area contributed by atoms with E-state index in [2.05, 4.69) is 19.2 Å². The van der Waals surface area contributed by atoms with Crippen LogP contribution in [0.4, 0.5) is 0 Å². The van der Waals surface area contributed by atoms with Crippen molar-refractivity contribution in [2.24, 2.45) is 17.1 Å². The van der Waals surface area contributed by atoms with Crippen molar-refractivity contribution in [1.29, 1.82) is 0 Å². The maximum atomic E-state index is 5.69. The van der Waals surface area contributed by atoms with Crippen LogP contribution in [0.1, 0.15) is 20.3 Å². The number of nitrogens with two attached hydrogens (primary N) is 1. The van der Waals surface area contributed by atoms with E-state index < -0.39 is 0 Å². The average Bonchev–Trinajstić information content (AvgIpc) is 2.32. The third-order valence-electron chi connectivity index (χ3n) is 2.86. The molecule has 2 atom stereocenters. The molecule has 1 aliphatic rings. The van der Waals surface area contributed by atoms with E-state index in [1.165, 1.54) is 6.42 Å². The zero-order valence-electron chi connectivity index (χ0n) is 6.98. The van der Waals surface area contributed by atoms with Gasteiger partial charge in [0.1, 0.15) is 0 Å². The lowest BCUT2D eigenvalue weighted by molar-refractivity contribution is 0.260. The molecule has 0 spiro atoms. The second kappa shape index (κ2) is 2.89. The monoisotopic (exact) mass is 142 g/mol. The Labute approximate surface area is 63.2 Å². The molecule has 1 heterocycles. The van der Waals surface area contributed by atoms with Crippen LogP contribution >= 0.6 is 0 Å². The van der Waals surface area contributed by atoms with Crippen molar-refractivity contribution in [3.05, 3.63) is 0 Å². The van der Waals surface area contributed by atoms with Crippen LogP contribution in [0.3, 0.4) is 0 Å². The van der Waals surface area contributed by atoms with Gasteiger partial charge in [0, 0.05) is 6.54 Å². The largest absolute Gasteiger partial charge is 0.330 e. The number of nitrogens with one attached hydrogen (secondary N) is 1. The minimum atomic E-state index is 0.370. The Balaban J connectivity index is 2.56. The minimum Gasteiger partial charge on any atom is -0.330 e. The summed E-state index contributed by atoms with van der Waals surface area (Å²) in [4.78, 5) is 0. The highest BCUT2D eigenvalue weighted by Gasteiger charge is 2.35. The highest BCUT2D eigenvalue weighted by molar-refractivity contribution is 4.91. The van der Waals surface area contributed by atoms with Crippen LogP contribution < -0.4 is 11.1 Å². The van der Waals surface area contributed by atoms with Crippen molar-refractivity contribution in [3.63, 3.8) is 0 Å². The summed E-state index contributed by atoms with van der Waals surface area (Å²) in [5.41, 5.74) is 6.06. The lowest BCUT2D eigenvalue weighted by Gasteiger charge is -2.27. The standard InChI is InChI=1S/C8H18N2/c1-3-7-4-10-6-8(7,2)5-9/h7,10H,3-6,9H2,1-2H3/t7?,8-/m1/s1. The summed E-state index contributed by atoms with van der Waals surface area (Å²) in [6, 6.07) is 0. The van der Waals surface area contributed by atoms with Gasteiger partial charge >= 0.3 is 0 Å². The molecule has 60 valence electrons. The fraction of sp³-hybridized carbons (Fsp3) is 1.00. The molecule has 1 aliphatic heterocycles. The van der Waals surface area contributed by atoms with Gasteiger partial charge in [-0.05, 0) is 24.4 Å². The Morgan fingerprint density at radius 2 is 2.40 bits per heavy atom. The molecule has 0 aromatic carbocycles. The predicted molar refractivity (Wildman–Crippen MR) is 43.8 cm³/mol. The van der Waals surface area contributed by atoms with Gasteiger partial charge in [0.15, 0.2) is 0 Å². The number of hydrogen-bond donors (Lipinski definition) is 2. The third kappa shape index (κ3) is 1.18. The first-order chi connectivity index (χ1) is 4.73. The molecular weight excluding hydrogens is 124 g/mol. The molecule has 0 radical (unpaired) electrons. The lowest BCUT2D eigenvalue weighted by Crippen LogP contribution is -2.34. The molecule has 0 aromatic rings. The van der Waals surface area contributed by atoms with Crippen LogP contribution in [-0.4, -0.2) is 19.6 Å². The van der Waals surface area contributed by atoms with E-state index >= 15 is 0 Å². The van der Waals surface area contributed by atoms with Crippen LogP contribution in [0, 0.1) is 11.3 Å². The van der Waals surface area contributed by atoms with E-state index in [-0.39, 0.29) is 0 Å². The molecule has 0 aliphatic carbocycles. The van der Waals surface area contributed by atoms with Crippen molar-refractivity contribution in [1.82, 2.24) is 5.32 Å². The van der Waals surface area contributed by atoms with Crippen molar-refractivity contribution in [3.8, 4) is 0 Å². The van der Waals surface area contributed by atoms with Crippen LogP contribution in [0.25, 0.3) is 0 Å². The van der Waals surface area contributed by atoms with Gasteiger partial charge in [0.2, 0.25) is 0 Å². The van der Waals surface area contributed by atoms with E-state index in [1.54, 1.807) is 0 Å². The van der Waals surface area contributed by atoms with Crippen molar-refractivity contribution in [2.75, 3.05) is 19.6 Å². The van der Waals surface area contributed by atoms with Gasteiger partial charge < -0.3 is 11.1 Å². The van der Waals surface area contributed by atoms with Gasteiger partial charge in [0.25, 0.3) is 0 Å². The van der Waals surface area contributed by atoms with Gasteiger partial charge in [0.05, 0.1) is 0 Å². The summed E-state index contributed by atoms with van der Waals surface area (Å²) in [6.07, 6.45) is 1.25. The average molecular weight is 142 g/mol. The molecule has 1 rings (SSSR count).